The lowest BCUT2D eigenvalue weighted by Gasteiger charge is -1.99. The first-order valence-electron chi connectivity index (χ1n) is 3.36. The van der Waals surface area contributed by atoms with Gasteiger partial charge < -0.3 is 4.57 Å². The van der Waals surface area contributed by atoms with Gasteiger partial charge in [0.2, 0.25) is 0 Å². The first-order valence-corrected chi connectivity index (χ1v) is 5.42. The number of aromatic nitrogens is 1. The second-order valence-corrected chi connectivity index (χ2v) is 4.81. The minimum absolute atomic E-state index is 0.210. The summed E-state index contributed by atoms with van der Waals surface area (Å²) in [5.41, 5.74) is 0. The minimum atomic E-state index is -2.82. The van der Waals surface area contributed by atoms with Crippen molar-refractivity contribution in [1.82, 2.24) is 4.57 Å². The molecule has 0 saturated carbocycles. The Balaban J connectivity index is 2.48. The van der Waals surface area contributed by atoms with Gasteiger partial charge in [0, 0.05) is 25.2 Å². The summed E-state index contributed by atoms with van der Waals surface area (Å²) in [6, 6.07) is 3.75. The Labute approximate surface area is 66.6 Å². The van der Waals surface area contributed by atoms with Crippen molar-refractivity contribution in [1.29, 1.82) is 0 Å². The largest absolute Gasteiger partial charge is 0.353 e. The Morgan fingerprint density at radius 2 is 1.82 bits per heavy atom. The molecule has 4 heteroatoms. The highest BCUT2D eigenvalue weighted by Crippen LogP contribution is 1.92. The zero-order chi connectivity index (χ0) is 8.32. The summed E-state index contributed by atoms with van der Waals surface area (Å²) in [6.07, 6.45) is 4.95. The fraction of sp³-hybridized carbons (Fsp3) is 0.429. The highest BCUT2D eigenvalue weighted by Gasteiger charge is 2.00. The first kappa shape index (κ1) is 8.33. The number of rotatable bonds is 3. The average molecular weight is 173 g/mol. The zero-order valence-corrected chi connectivity index (χ0v) is 7.21. The van der Waals surface area contributed by atoms with E-state index in [0.29, 0.717) is 6.54 Å². The minimum Gasteiger partial charge on any atom is -0.353 e. The van der Waals surface area contributed by atoms with E-state index in [2.05, 4.69) is 0 Å². The topological polar surface area (TPSA) is 39.1 Å². The van der Waals surface area contributed by atoms with E-state index in [1.54, 1.807) is 0 Å². The van der Waals surface area contributed by atoms with Gasteiger partial charge in [-0.25, -0.2) is 8.42 Å². The molecule has 3 nitrogen and oxygen atoms in total. The summed E-state index contributed by atoms with van der Waals surface area (Å²) < 4.78 is 23.3. The van der Waals surface area contributed by atoms with Crippen LogP contribution in [-0.2, 0) is 16.4 Å². The van der Waals surface area contributed by atoms with Gasteiger partial charge in [-0.05, 0) is 12.1 Å². The van der Waals surface area contributed by atoms with E-state index >= 15 is 0 Å². The Morgan fingerprint density at radius 1 is 1.27 bits per heavy atom. The third-order valence-corrected chi connectivity index (χ3v) is 2.31. The van der Waals surface area contributed by atoms with Gasteiger partial charge in [0.15, 0.2) is 0 Å². The lowest BCUT2D eigenvalue weighted by atomic mass is 10.7. The van der Waals surface area contributed by atoms with Crippen molar-refractivity contribution < 1.29 is 8.42 Å². The van der Waals surface area contributed by atoms with Crippen molar-refractivity contribution in [3.05, 3.63) is 24.5 Å². The Kier molecular flexibility index (Phi) is 2.34. The maximum atomic E-state index is 10.7. The highest BCUT2D eigenvalue weighted by atomic mass is 32.2. The van der Waals surface area contributed by atoms with E-state index < -0.39 is 9.84 Å². The molecule has 0 aliphatic rings. The van der Waals surface area contributed by atoms with Crippen LogP contribution in [0.2, 0.25) is 0 Å². The molecule has 0 unspecified atom stereocenters. The second kappa shape index (κ2) is 3.09. The molecule has 0 atom stereocenters. The predicted octanol–water partition coefficient (Wildman–Crippen LogP) is 0.533. The van der Waals surface area contributed by atoms with Crippen LogP contribution >= 0.6 is 0 Å². The third kappa shape index (κ3) is 3.23. The van der Waals surface area contributed by atoms with Crippen LogP contribution in [0.15, 0.2) is 24.5 Å². The summed E-state index contributed by atoms with van der Waals surface area (Å²) >= 11 is 0. The molecule has 1 rings (SSSR count). The van der Waals surface area contributed by atoms with Crippen LogP contribution in [0.1, 0.15) is 0 Å². The van der Waals surface area contributed by atoms with Crippen LogP contribution in [0.5, 0.6) is 0 Å². The molecule has 0 radical (unpaired) electrons. The third-order valence-electron chi connectivity index (χ3n) is 1.39. The van der Waals surface area contributed by atoms with Crippen molar-refractivity contribution in [2.24, 2.45) is 0 Å². The molecule has 0 saturated heterocycles. The number of hydrogen-bond donors (Lipinski definition) is 0. The molecule has 62 valence electrons. The van der Waals surface area contributed by atoms with Gasteiger partial charge in [-0.15, -0.1) is 0 Å². The summed E-state index contributed by atoms with van der Waals surface area (Å²) in [6.45, 7) is 0.547. The van der Waals surface area contributed by atoms with Crippen molar-refractivity contribution in [2.75, 3.05) is 12.0 Å². The van der Waals surface area contributed by atoms with Crippen LogP contribution < -0.4 is 0 Å². The summed E-state index contributed by atoms with van der Waals surface area (Å²) in [5.74, 6) is 0.210. The summed E-state index contributed by atoms with van der Waals surface area (Å²) in [4.78, 5) is 0. The summed E-state index contributed by atoms with van der Waals surface area (Å²) in [5, 5.41) is 0. The van der Waals surface area contributed by atoms with Gasteiger partial charge in [-0.1, -0.05) is 0 Å². The molecule has 0 aromatic carbocycles. The van der Waals surface area contributed by atoms with E-state index in [-0.39, 0.29) is 5.75 Å². The number of sulfone groups is 1. The van der Waals surface area contributed by atoms with E-state index in [0.717, 1.165) is 0 Å². The molecule has 1 aromatic heterocycles. The highest BCUT2D eigenvalue weighted by molar-refractivity contribution is 7.90. The van der Waals surface area contributed by atoms with Gasteiger partial charge in [-0.2, -0.15) is 0 Å². The molecule has 0 aliphatic carbocycles. The fourth-order valence-electron chi connectivity index (χ4n) is 0.790. The van der Waals surface area contributed by atoms with Crippen LogP contribution in [0.3, 0.4) is 0 Å². The predicted molar refractivity (Wildman–Crippen MR) is 44.1 cm³/mol. The van der Waals surface area contributed by atoms with E-state index in [1.807, 2.05) is 29.1 Å². The summed E-state index contributed by atoms with van der Waals surface area (Å²) in [7, 11) is -2.82. The second-order valence-electron chi connectivity index (χ2n) is 2.55. The van der Waals surface area contributed by atoms with Gasteiger partial charge in [0.05, 0.1) is 5.75 Å². The molecule has 0 spiro atoms. The smallest absolute Gasteiger partial charge is 0.149 e. The van der Waals surface area contributed by atoms with Gasteiger partial charge >= 0.3 is 0 Å². The van der Waals surface area contributed by atoms with Crippen molar-refractivity contribution in [3.8, 4) is 0 Å². The van der Waals surface area contributed by atoms with E-state index in [9.17, 15) is 8.42 Å². The number of nitrogens with zero attached hydrogens (tertiary/aromatic N) is 1. The van der Waals surface area contributed by atoms with Crippen LogP contribution in [0.25, 0.3) is 0 Å². The normalized spacial score (nSPS) is 11.7. The maximum absolute atomic E-state index is 10.7. The standard InChI is InChI=1S/C7H11NO2S/c1-11(9,10)7-6-8-4-2-3-5-8/h2-5H,6-7H2,1H3. The SMILES string of the molecule is CS(=O)(=O)CCn1cccc1. The monoisotopic (exact) mass is 173 g/mol. The average Bonchev–Trinajstić information content (AvgIpc) is 2.32. The molecule has 11 heavy (non-hydrogen) atoms. The molecule has 1 aromatic rings. The molecule has 1 heterocycles. The molecule has 0 aliphatic heterocycles. The fourth-order valence-corrected chi connectivity index (χ4v) is 1.33. The first-order chi connectivity index (χ1) is 5.08. The van der Waals surface area contributed by atoms with E-state index in [1.165, 1.54) is 6.26 Å². The number of hydrogen-bond acceptors (Lipinski definition) is 2. The van der Waals surface area contributed by atoms with Gasteiger partial charge in [-0.3, -0.25) is 0 Å². The Hall–Kier alpha value is -0.770. The molecular formula is C7H11NO2S. The van der Waals surface area contributed by atoms with Crippen LogP contribution in [0, 0.1) is 0 Å². The molecule has 0 fully saturated rings. The van der Waals surface area contributed by atoms with Crippen LogP contribution in [0.4, 0.5) is 0 Å². The maximum Gasteiger partial charge on any atom is 0.149 e. The molecule has 0 N–H and O–H groups in total. The van der Waals surface area contributed by atoms with Crippen LogP contribution in [-0.4, -0.2) is 25.0 Å². The Morgan fingerprint density at radius 3 is 2.27 bits per heavy atom. The van der Waals surface area contributed by atoms with Gasteiger partial charge in [0.1, 0.15) is 9.84 Å². The molecular weight excluding hydrogens is 162 g/mol. The molecule has 0 bridgehead atoms. The Bertz CT molecular complexity index is 299. The number of aryl methyl sites for hydroxylation is 1. The lowest BCUT2D eigenvalue weighted by molar-refractivity contribution is 0.595. The molecule has 0 amide bonds. The van der Waals surface area contributed by atoms with Crippen molar-refractivity contribution >= 4 is 9.84 Å². The zero-order valence-electron chi connectivity index (χ0n) is 6.40. The van der Waals surface area contributed by atoms with Crippen molar-refractivity contribution in [3.63, 3.8) is 0 Å². The van der Waals surface area contributed by atoms with E-state index in [4.69, 9.17) is 0 Å². The van der Waals surface area contributed by atoms with Crippen molar-refractivity contribution in [2.45, 2.75) is 6.54 Å². The quantitative estimate of drug-likeness (QED) is 0.669. The lowest BCUT2D eigenvalue weighted by Crippen LogP contribution is -2.09. The van der Waals surface area contributed by atoms with Gasteiger partial charge in [0.25, 0.3) is 0 Å².